The zero-order valence-electron chi connectivity index (χ0n) is 10.0. The van der Waals surface area contributed by atoms with Gasteiger partial charge in [0.25, 0.3) is 5.91 Å². The second kappa shape index (κ2) is 5.11. The molecular weight excluding hydrogens is 299 g/mol. The fraction of sp³-hybridized carbons (Fsp3) is 0. The molecular formula is C13H8Cl2N4O. The van der Waals surface area contributed by atoms with Crippen molar-refractivity contribution < 1.29 is 4.79 Å². The van der Waals surface area contributed by atoms with Crippen molar-refractivity contribution in [2.24, 2.45) is 0 Å². The van der Waals surface area contributed by atoms with Crippen molar-refractivity contribution in [3.05, 3.63) is 52.4 Å². The molecule has 7 heteroatoms. The maximum Gasteiger partial charge on any atom is 0.257 e. The van der Waals surface area contributed by atoms with E-state index in [2.05, 4.69) is 20.5 Å². The minimum Gasteiger partial charge on any atom is -0.321 e. The monoisotopic (exact) mass is 306 g/mol. The SMILES string of the molecule is O=C(Nc1cccc2[nH]ncc12)c1cnc(Cl)c(Cl)c1. The van der Waals surface area contributed by atoms with Crippen LogP contribution in [-0.4, -0.2) is 21.1 Å². The maximum atomic E-state index is 12.2. The van der Waals surface area contributed by atoms with Crippen molar-refractivity contribution in [3.8, 4) is 0 Å². The van der Waals surface area contributed by atoms with Crippen molar-refractivity contribution in [2.75, 3.05) is 5.32 Å². The van der Waals surface area contributed by atoms with Gasteiger partial charge in [0.15, 0.2) is 0 Å². The van der Waals surface area contributed by atoms with Crippen LogP contribution in [0.2, 0.25) is 10.2 Å². The number of pyridine rings is 1. The van der Waals surface area contributed by atoms with Crippen molar-refractivity contribution in [2.45, 2.75) is 0 Å². The Hall–Kier alpha value is -2.11. The number of rotatable bonds is 2. The lowest BCUT2D eigenvalue weighted by Gasteiger charge is -2.06. The van der Waals surface area contributed by atoms with Crippen LogP contribution in [0, 0.1) is 0 Å². The van der Waals surface area contributed by atoms with E-state index in [-0.39, 0.29) is 16.1 Å². The number of nitrogens with zero attached hydrogens (tertiary/aromatic N) is 2. The average molecular weight is 307 g/mol. The minimum atomic E-state index is -0.315. The quantitative estimate of drug-likeness (QED) is 0.712. The number of carbonyl (C=O) groups is 1. The highest BCUT2D eigenvalue weighted by molar-refractivity contribution is 6.41. The lowest BCUT2D eigenvalue weighted by Crippen LogP contribution is -2.12. The van der Waals surface area contributed by atoms with Crippen LogP contribution < -0.4 is 5.32 Å². The highest BCUT2D eigenvalue weighted by atomic mass is 35.5. The highest BCUT2D eigenvalue weighted by Gasteiger charge is 2.11. The van der Waals surface area contributed by atoms with E-state index in [1.54, 1.807) is 12.3 Å². The van der Waals surface area contributed by atoms with Gasteiger partial charge in [0.2, 0.25) is 0 Å². The molecule has 0 spiro atoms. The van der Waals surface area contributed by atoms with E-state index in [1.807, 2.05) is 12.1 Å². The van der Waals surface area contributed by atoms with Gasteiger partial charge >= 0.3 is 0 Å². The zero-order chi connectivity index (χ0) is 14.1. The number of aromatic amines is 1. The van der Waals surface area contributed by atoms with Gasteiger partial charge in [-0.1, -0.05) is 29.3 Å². The maximum absolute atomic E-state index is 12.2. The number of anilines is 1. The summed E-state index contributed by atoms with van der Waals surface area (Å²) in [6, 6.07) is 6.96. The summed E-state index contributed by atoms with van der Waals surface area (Å²) in [6.45, 7) is 0. The van der Waals surface area contributed by atoms with Gasteiger partial charge in [-0.05, 0) is 18.2 Å². The first-order valence-corrected chi connectivity index (χ1v) is 6.45. The summed E-state index contributed by atoms with van der Waals surface area (Å²) in [7, 11) is 0. The summed E-state index contributed by atoms with van der Waals surface area (Å²) in [4.78, 5) is 16.0. The van der Waals surface area contributed by atoms with E-state index in [9.17, 15) is 4.79 Å². The smallest absolute Gasteiger partial charge is 0.257 e. The molecule has 1 aromatic carbocycles. The Balaban J connectivity index is 1.92. The van der Waals surface area contributed by atoms with Crippen molar-refractivity contribution in [1.29, 1.82) is 0 Å². The van der Waals surface area contributed by atoms with Crippen LogP contribution in [0.1, 0.15) is 10.4 Å². The molecule has 100 valence electrons. The number of benzene rings is 1. The summed E-state index contributed by atoms with van der Waals surface area (Å²) in [5.41, 5.74) is 1.84. The Bertz CT molecular complexity index is 800. The van der Waals surface area contributed by atoms with Crippen LogP contribution in [0.5, 0.6) is 0 Å². The van der Waals surface area contributed by atoms with Crippen LogP contribution in [0.25, 0.3) is 10.9 Å². The first-order chi connectivity index (χ1) is 9.65. The first-order valence-electron chi connectivity index (χ1n) is 5.69. The van der Waals surface area contributed by atoms with E-state index in [0.717, 1.165) is 10.9 Å². The Morgan fingerprint density at radius 1 is 1.25 bits per heavy atom. The van der Waals surface area contributed by atoms with Crippen molar-refractivity contribution in [1.82, 2.24) is 15.2 Å². The van der Waals surface area contributed by atoms with Gasteiger partial charge in [-0.3, -0.25) is 9.89 Å². The summed E-state index contributed by atoms with van der Waals surface area (Å²) in [5.74, 6) is -0.315. The third kappa shape index (κ3) is 2.33. The highest BCUT2D eigenvalue weighted by Crippen LogP contribution is 2.23. The second-order valence-electron chi connectivity index (χ2n) is 4.09. The average Bonchev–Trinajstić information content (AvgIpc) is 2.91. The molecule has 3 rings (SSSR count). The van der Waals surface area contributed by atoms with E-state index >= 15 is 0 Å². The first kappa shape index (κ1) is 12.9. The number of fused-ring (bicyclic) bond motifs is 1. The molecule has 0 aliphatic rings. The number of carbonyl (C=O) groups excluding carboxylic acids is 1. The molecule has 0 aliphatic heterocycles. The second-order valence-corrected chi connectivity index (χ2v) is 4.85. The van der Waals surface area contributed by atoms with E-state index in [4.69, 9.17) is 23.2 Å². The topological polar surface area (TPSA) is 70.7 Å². The Kier molecular flexibility index (Phi) is 3.30. The molecule has 1 amide bonds. The minimum absolute atomic E-state index is 0.167. The summed E-state index contributed by atoms with van der Waals surface area (Å²) in [6.07, 6.45) is 3.02. The third-order valence-electron chi connectivity index (χ3n) is 2.79. The number of aromatic nitrogens is 3. The number of hydrogen-bond donors (Lipinski definition) is 2. The Labute approximate surface area is 123 Å². The molecule has 0 unspecified atom stereocenters. The predicted octanol–water partition coefficient (Wildman–Crippen LogP) is 3.52. The zero-order valence-corrected chi connectivity index (χ0v) is 11.5. The van der Waals surface area contributed by atoms with Crippen LogP contribution in [0.4, 0.5) is 5.69 Å². The van der Waals surface area contributed by atoms with Gasteiger partial charge in [0, 0.05) is 11.6 Å². The van der Waals surface area contributed by atoms with Gasteiger partial charge in [-0.15, -0.1) is 0 Å². The van der Waals surface area contributed by atoms with Crippen LogP contribution in [0.3, 0.4) is 0 Å². The fourth-order valence-corrected chi connectivity index (χ4v) is 2.09. The molecule has 0 radical (unpaired) electrons. The van der Waals surface area contributed by atoms with E-state index in [0.29, 0.717) is 11.3 Å². The molecule has 0 saturated carbocycles. The van der Waals surface area contributed by atoms with Crippen LogP contribution in [-0.2, 0) is 0 Å². The van der Waals surface area contributed by atoms with E-state index in [1.165, 1.54) is 12.3 Å². The van der Waals surface area contributed by atoms with Gasteiger partial charge in [-0.25, -0.2) is 4.98 Å². The summed E-state index contributed by atoms with van der Waals surface area (Å²) >= 11 is 11.6. The van der Waals surface area contributed by atoms with E-state index < -0.39 is 0 Å². The van der Waals surface area contributed by atoms with Gasteiger partial charge in [0.1, 0.15) is 5.15 Å². The molecule has 0 bridgehead atoms. The largest absolute Gasteiger partial charge is 0.321 e. The molecule has 3 aromatic rings. The van der Waals surface area contributed by atoms with Gasteiger partial charge in [0.05, 0.1) is 28.0 Å². The standard InChI is InChI=1S/C13H8Cl2N4O/c14-9-4-7(5-16-12(9)15)13(20)18-10-2-1-3-11-8(10)6-17-19-11/h1-6H,(H,17,19)(H,18,20). The lowest BCUT2D eigenvalue weighted by molar-refractivity contribution is 0.102. The van der Waals surface area contributed by atoms with Crippen LogP contribution >= 0.6 is 23.2 Å². The molecule has 0 atom stereocenters. The molecule has 2 aromatic heterocycles. The van der Waals surface area contributed by atoms with Crippen molar-refractivity contribution in [3.63, 3.8) is 0 Å². The Morgan fingerprint density at radius 2 is 2.10 bits per heavy atom. The van der Waals surface area contributed by atoms with Crippen LogP contribution in [0.15, 0.2) is 36.7 Å². The molecule has 0 fully saturated rings. The van der Waals surface area contributed by atoms with Gasteiger partial charge < -0.3 is 5.32 Å². The molecule has 20 heavy (non-hydrogen) atoms. The Morgan fingerprint density at radius 3 is 2.90 bits per heavy atom. The number of hydrogen-bond acceptors (Lipinski definition) is 3. The number of nitrogens with one attached hydrogen (secondary N) is 2. The summed E-state index contributed by atoms with van der Waals surface area (Å²) in [5, 5.41) is 10.8. The third-order valence-corrected chi connectivity index (χ3v) is 3.48. The number of H-pyrrole nitrogens is 1. The number of amides is 1. The fourth-order valence-electron chi connectivity index (χ4n) is 1.82. The molecule has 0 saturated heterocycles. The molecule has 0 aliphatic carbocycles. The van der Waals surface area contributed by atoms with Gasteiger partial charge in [-0.2, -0.15) is 5.10 Å². The normalized spacial score (nSPS) is 10.7. The predicted molar refractivity (Wildman–Crippen MR) is 78.3 cm³/mol. The number of halogens is 2. The molecule has 2 N–H and O–H groups in total. The summed E-state index contributed by atoms with van der Waals surface area (Å²) < 4.78 is 0. The molecule has 5 nitrogen and oxygen atoms in total. The van der Waals surface area contributed by atoms with Crippen molar-refractivity contribution >= 4 is 45.7 Å². The lowest BCUT2D eigenvalue weighted by atomic mass is 10.2. The molecule has 2 heterocycles.